The zero-order valence-electron chi connectivity index (χ0n) is 52.2. The van der Waals surface area contributed by atoms with Crippen LogP contribution in [-0.4, -0.2) is 37.2 Å². The molecule has 0 N–H and O–H groups in total. The van der Waals surface area contributed by atoms with Crippen molar-refractivity contribution in [3.05, 3.63) is 60.8 Å². The number of hydrogen-bond acceptors (Lipinski definition) is 6. The van der Waals surface area contributed by atoms with E-state index in [9.17, 15) is 14.4 Å². The second-order valence-corrected chi connectivity index (χ2v) is 23.1. The highest BCUT2D eigenvalue weighted by molar-refractivity contribution is 5.71. The molecule has 6 nitrogen and oxygen atoms in total. The predicted molar refractivity (Wildman–Crippen MR) is 339 cm³/mol. The minimum Gasteiger partial charge on any atom is -0.462 e. The minimum atomic E-state index is -0.787. The third kappa shape index (κ3) is 63.9. The molecule has 0 spiro atoms. The molecule has 0 heterocycles. The lowest BCUT2D eigenvalue weighted by Gasteiger charge is -2.18. The zero-order valence-corrected chi connectivity index (χ0v) is 52.2. The first kappa shape index (κ1) is 75.1. The molecular formula is C72H130O6. The van der Waals surface area contributed by atoms with Crippen molar-refractivity contribution in [1.29, 1.82) is 0 Å². The summed E-state index contributed by atoms with van der Waals surface area (Å²) in [7, 11) is 0. The molecule has 78 heavy (non-hydrogen) atoms. The van der Waals surface area contributed by atoms with E-state index in [2.05, 4.69) is 81.5 Å². The molecule has 0 aromatic heterocycles. The van der Waals surface area contributed by atoms with Crippen molar-refractivity contribution in [3.8, 4) is 0 Å². The van der Waals surface area contributed by atoms with Gasteiger partial charge in [0.1, 0.15) is 13.2 Å². The first-order valence-corrected chi connectivity index (χ1v) is 34.3. The van der Waals surface area contributed by atoms with Crippen LogP contribution in [0.2, 0.25) is 0 Å². The fourth-order valence-corrected chi connectivity index (χ4v) is 10.1. The normalized spacial score (nSPS) is 12.4. The standard InChI is InChI=1S/C72H130O6/c1-4-7-10-13-16-19-22-25-28-30-32-33-34-35-36-37-38-39-41-42-44-47-50-53-56-59-62-65-71(74)77-68-69(67-76-70(73)64-61-58-55-52-49-46-27-24-21-18-15-12-9-6-3)78-72(75)66-63-60-57-54-51-48-45-43-40-31-29-26-23-20-17-14-11-8-5-2/h15,17-18,20,24,26-27,29,40,43,69H,4-14,16,19,21-23,25,28,30-39,41-42,44-68H2,1-3H3/b18-15-,20-17-,27-24-,29-26-,43-40-. The number of hydrogen-bond donors (Lipinski definition) is 0. The van der Waals surface area contributed by atoms with Gasteiger partial charge in [-0.05, 0) is 83.5 Å². The van der Waals surface area contributed by atoms with Gasteiger partial charge < -0.3 is 14.2 Å². The Bertz CT molecular complexity index is 1390. The van der Waals surface area contributed by atoms with E-state index < -0.39 is 6.10 Å². The molecule has 0 aliphatic heterocycles. The molecule has 0 saturated carbocycles. The summed E-state index contributed by atoms with van der Waals surface area (Å²) >= 11 is 0. The average Bonchev–Trinajstić information content (AvgIpc) is 3.44. The van der Waals surface area contributed by atoms with Crippen molar-refractivity contribution in [3.63, 3.8) is 0 Å². The molecule has 0 radical (unpaired) electrons. The highest BCUT2D eigenvalue weighted by Gasteiger charge is 2.19. The van der Waals surface area contributed by atoms with Crippen molar-refractivity contribution in [2.75, 3.05) is 13.2 Å². The first-order chi connectivity index (χ1) is 38.5. The number of unbranched alkanes of at least 4 members (excludes halogenated alkanes) is 42. The molecule has 6 heteroatoms. The number of rotatable bonds is 63. The van der Waals surface area contributed by atoms with Gasteiger partial charge in [0.15, 0.2) is 6.10 Å². The number of carbonyl (C=O) groups excluding carboxylic acids is 3. The molecule has 0 aliphatic carbocycles. The summed E-state index contributed by atoms with van der Waals surface area (Å²) in [4.78, 5) is 38.4. The van der Waals surface area contributed by atoms with Crippen molar-refractivity contribution in [2.24, 2.45) is 0 Å². The van der Waals surface area contributed by atoms with Crippen LogP contribution in [0.25, 0.3) is 0 Å². The fraction of sp³-hybridized carbons (Fsp3) is 0.819. The molecule has 1 atom stereocenters. The molecule has 0 aromatic carbocycles. The van der Waals surface area contributed by atoms with E-state index in [-0.39, 0.29) is 31.1 Å². The van der Waals surface area contributed by atoms with Crippen LogP contribution in [-0.2, 0) is 28.6 Å². The lowest BCUT2D eigenvalue weighted by atomic mass is 10.0. The summed E-state index contributed by atoms with van der Waals surface area (Å²) in [6.45, 7) is 6.60. The third-order valence-electron chi connectivity index (χ3n) is 15.2. The quantitative estimate of drug-likeness (QED) is 0.0261. The summed E-state index contributed by atoms with van der Waals surface area (Å²) in [6.07, 6.45) is 85.3. The Labute approximate surface area is 485 Å². The molecule has 0 bridgehead atoms. The molecule has 0 saturated heterocycles. The van der Waals surface area contributed by atoms with Gasteiger partial charge in [-0.15, -0.1) is 0 Å². The van der Waals surface area contributed by atoms with Crippen molar-refractivity contribution < 1.29 is 28.6 Å². The molecule has 454 valence electrons. The summed E-state index contributed by atoms with van der Waals surface area (Å²) in [5, 5.41) is 0. The summed E-state index contributed by atoms with van der Waals surface area (Å²) in [5.74, 6) is -0.888. The van der Waals surface area contributed by atoms with Crippen LogP contribution in [0.3, 0.4) is 0 Å². The van der Waals surface area contributed by atoms with Crippen molar-refractivity contribution in [1.82, 2.24) is 0 Å². The van der Waals surface area contributed by atoms with E-state index >= 15 is 0 Å². The van der Waals surface area contributed by atoms with E-state index in [1.165, 1.54) is 218 Å². The van der Waals surface area contributed by atoms with Gasteiger partial charge in [-0.3, -0.25) is 14.4 Å². The molecule has 1 unspecified atom stereocenters. The molecule has 0 aliphatic rings. The van der Waals surface area contributed by atoms with Crippen LogP contribution >= 0.6 is 0 Å². The second-order valence-electron chi connectivity index (χ2n) is 23.1. The smallest absolute Gasteiger partial charge is 0.306 e. The third-order valence-corrected chi connectivity index (χ3v) is 15.2. The van der Waals surface area contributed by atoms with Gasteiger partial charge in [0.2, 0.25) is 0 Å². The van der Waals surface area contributed by atoms with Crippen LogP contribution in [0.1, 0.15) is 361 Å². The Hall–Kier alpha value is -2.89. The van der Waals surface area contributed by atoms with E-state index in [0.29, 0.717) is 19.3 Å². The molecule has 0 aromatic rings. The van der Waals surface area contributed by atoms with Gasteiger partial charge in [-0.2, -0.15) is 0 Å². The minimum absolute atomic E-state index is 0.0811. The summed E-state index contributed by atoms with van der Waals surface area (Å²) in [5.41, 5.74) is 0. The maximum Gasteiger partial charge on any atom is 0.306 e. The van der Waals surface area contributed by atoms with E-state index in [4.69, 9.17) is 14.2 Å². The Morgan fingerprint density at radius 1 is 0.256 bits per heavy atom. The van der Waals surface area contributed by atoms with Gasteiger partial charge in [0.25, 0.3) is 0 Å². The van der Waals surface area contributed by atoms with Gasteiger partial charge in [-0.25, -0.2) is 0 Å². The van der Waals surface area contributed by atoms with Crippen molar-refractivity contribution in [2.45, 2.75) is 367 Å². The number of carbonyl (C=O) groups is 3. The molecule has 0 amide bonds. The Morgan fingerprint density at radius 2 is 0.474 bits per heavy atom. The summed E-state index contributed by atoms with van der Waals surface area (Å²) < 4.78 is 16.9. The second kappa shape index (κ2) is 66.6. The van der Waals surface area contributed by atoms with E-state index in [1.807, 2.05) is 0 Å². The van der Waals surface area contributed by atoms with Crippen LogP contribution in [0.15, 0.2) is 60.8 Å². The predicted octanol–water partition coefficient (Wildman–Crippen LogP) is 23.5. The van der Waals surface area contributed by atoms with Crippen molar-refractivity contribution >= 4 is 17.9 Å². The molecule has 0 fully saturated rings. The highest BCUT2D eigenvalue weighted by atomic mass is 16.6. The average molecular weight is 1090 g/mol. The highest BCUT2D eigenvalue weighted by Crippen LogP contribution is 2.18. The lowest BCUT2D eigenvalue weighted by molar-refractivity contribution is -0.167. The maximum atomic E-state index is 12.9. The Kier molecular flexibility index (Phi) is 64.2. The summed E-state index contributed by atoms with van der Waals surface area (Å²) in [6, 6.07) is 0. The largest absolute Gasteiger partial charge is 0.462 e. The van der Waals surface area contributed by atoms with Crippen LogP contribution < -0.4 is 0 Å². The van der Waals surface area contributed by atoms with Gasteiger partial charge >= 0.3 is 17.9 Å². The zero-order chi connectivity index (χ0) is 56.4. The van der Waals surface area contributed by atoms with E-state index in [0.717, 1.165) is 103 Å². The SMILES string of the molecule is CCCC/C=C\C/C=C\CCCCCCCC(=O)OCC(COC(=O)CCCCCCCCCCCCCCCCCCCCCCCCCCCCC)OC(=O)CCCCCCCC/C=C\C/C=C\C/C=C\CCCCC. The Morgan fingerprint density at radius 3 is 0.782 bits per heavy atom. The number of ether oxygens (including phenoxy) is 3. The molecule has 0 rings (SSSR count). The van der Waals surface area contributed by atoms with Gasteiger partial charge in [0, 0.05) is 19.3 Å². The van der Waals surface area contributed by atoms with E-state index in [1.54, 1.807) is 0 Å². The van der Waals surface area contributed by atoms with Gasteiger partial charge in [-0.1, -0.05) is 319 Å². The van der Waals surface area contributed by atoms with Gasteiger partial charge in [0.05, 0.1) is 0 Å². The molecular weight excluding hydrogens is 961 g/mol. The maximum absolute atomic E-state index is 12.9. The van der Waals surface area contributed by atoms with Crippen LogP contribution in [0, 0.1) is 0 Å². The fourth-order valence-electron chi connectivity index (χ4n) is 10.1. The first-order valence-electron chi connectivity index (χ1n) is 34.3. The number of allylic oxidation sites excluding steroid dienone is 10. The van der Waals surface area contributed by atoms with Crippen LogP contribution in [0.4, 0.5) is 0 Å². The number of esters is 3. The monoisotopic (exact) mass is 1090 g/mol. The topological polar surface area (TPSA) is 78.9 Å². The van der Waals surface area contributed by atoms with Crippen LogP contribution in [0.5, 0.6) is 0 Å². The Balaban J connectivity index is 4.26. The lowest BCUT2D eigenvalue weighted by Crippen LogP contribution is -2.30.